The molecule has 3 aromatic rings. The van der Waals surface area contributed by atoms with Gasteiger partial charge in [0.15, 0.2) is 6.10 Å². The highest BCUT2D eigenvalue weighted by atomic mass is 16.5. The Balaban J connectivity index is 1.70. The van der Waals surface area contributed by atoms with E-state index in [1.807, 2.05) is 54.6 Å². The number of anilines is 1. The minimum atomic E-state index is -1.36. The molecule has 5 heteroatoms. The summed E-state index contributed by atoms with van der Waals surface area (Å²) in [7, 11) is 0. The van der Waals surface area contributed by atoms with Crippen molar-refractivity contribution in [1.82, 2.24) is 0 Å². The Hall–Kier alpha value is -3.44. The summed E-state index contributed by atoms with van der Waals surface area (Å²) in [5, 5.41) is 13.2. The van der Waals surface area contributed by atoms with Gasteiger partial charge in [-0.05, 0) is 22.8 Å². The van der Waals surface area contributed by atoms with Crippen LogP contribution < -0.4 is 5.32 Å². The molecule has 0 saturated heterocycles. The van der Waals surface area contributed by atoms with Gasteiger partial charge in [0.1, 0.15) is 6.61 Å². The summed E-state index contributed by atoms with van der Waals surface area (Å²) >= 11 is 0. The Morgan fingerprint density at radius 2 is 1.59 bits per heavy atom. The predicted molar refractivity (Wildman–Crippen MR) is 112 cm³/mol. The summed E-state index contributed by atoms with van der Waals surface area (Å²) in [6.07, 6.45) is -0.965. The first kappa shape index (κ1) is 20.3. The van der Waals surface area contributed by atoms with Gasteiger partial charge in [0.2, 0.25) is 5.91 Å². The van der Waals surface area contributed by atoms with Crippen molar-refractivity contribution in [2.45, 2.75) is 26.1 Å². The van der Waals surface area contributed by atoms with Crippen molar-refractivity contribution in [3.05, 3.63) is 90.0 Å². The maximum atomic E-state index is 12.2. The SMILES string of the molecule is CCC(=O)Nc1ccccc1-c1ccc(C(O)C(=O)OCc2ccccc2)cc1. The summed E-state index contributed by atoms with van der Waals surface area (Å²) < 4.78 is 5.20. The fourth-order valence-corrected chi connectivity index (χ4v) is 2.87. The molecule has 0 fully saturated rings. The number of esters is 1. The Bertz CT molecular complexity index is 968. The van der Waals surface area contributed by atoms with Crippen molar-refractivity contribution in [2.75, 3.05) is 5.32 Å². The number of ether oxygens (including phenoxy) is 1. The van der Waals surface area contributed by atoms with E-state index in [2.05, 4.69) is 5.32 Å². The van der Waals surface area contributed by atoms with E-state index >= 15 is 0 Å². The molecule has 0 saturated carbocycles. The van der Waals surface area contributed by atoms with Gasteiger partial charge in [0.25, 0.3) is 0 Å². The van der Waals surface area contributed by atoms with Crippen LogP contribution in [-0.2, 0) is 20.9 Å². The fourth-order valence-electron chi connectivity index (χ4n) is 2.87. The van der Waals surface area contributed by atoms with Crippen LogP contribution in [0.25, 0.3) is 11.1 Å². The maximum Gasteiger partial charge on any atom is 0.339 e. The van der Waals surface area contributed by atoms with Gasteiger partial charge in [0, 0.05) is 17.7 Å². The van der Waals surface area contributed by atoms with Crippen LogP contribution >= 0.6 is 0 Å². The highest BCUT2D eigenvalue weighted by Crippen LogP contribution is 2.29. The number of benzene rings is 3. The number of carbonyl (C=O) groups is 2. The van der Waals surface area contributed by atoms with E-state index in [0.717, 1.165) is 22.4 Å². The zero-order valence-corrected chi connectivity index (χ0v) is 16.2. The first-order valence-electron chi connectivity index (χ1n) is 9.46. The highest BCUT2D eigenvalue weighted by molar-refractivity contribution is 5.95. The molecule has 0 aliphatic rings. The molecular formula is C24H23NO4. The fraction of sp³-hybridized carbons (Fsp3) is 0.167. The van der Waals surface area contributed by atoms with Gasteiger partial charge >= 0.3 is 5.97 Å². The average Bonchev–Trinajstić information content (AvgIpc) is 2.78. The summed E-state index contributed by atoms with van der Waals surface area (Å²) in [6.45, 7) is 1.91. The van der Waals surface area contributed by atoms with E-state index in [-0.39, 0.29) is 12.5 Å². The number of carbonyl (C=O) groups excluding carboxylic acids is 2. The molecule has 0 heterocycles. The van der Waals surface area contributed by atoms with Crippen LogP contribution in [-0.4, -0.2) is 17.0 Å². The van der Waals surface area contributed by atoms with Crippen LogP contribution in [0.15, 0.2) is 78.9 Å². The standard InChI is InChI=1S/C24H23NO4/c1-2-22(26)25-21-11-7-6-10-20(21)18-12-14-19(15-13-18)23(27)24(28)29-16-17-8-4-3-5-9-17/h3-15,23,27H,2,16H2,1H3,(H,25,26). The third-order valence-electron chi connectivity index (χ3n) is 4.51. The highest BCUT2D eigenvalue weighted by Gasteiger charge is 2.19. The lowest BCUT2D eigenvalue weighted by Crippen LogP contribution is -2.15. The average molecular weight is 389 g/mol. The van der Waals surface area contributed by atoms with Crippen molar-refractivity contribution in [3.8, 4) is 11.1 Å². The lowest BCUT2D eigenvalue weighted by Gasteiger charge is -2.13. The Morgan fingerprint density at radius 1 is 0.931 bits per heavy atom. The molecule has 0 aliphatic carbocycles. The van der Waals surface area contributed by atoms with Crippen molar-refractivity contribution in [2.24, 2.45) is 0 Å². The van der Waals surface area contributed by atoms with Crippen LogP contribution in [0.1, 0.15) is 30.6 Å². The zero-order chi connectivity index (χ0) is 20.6. The topological polar surface area (TPSA) is 75.6 Å². The second-order valence-corrected chi connectivity index (χ2v) is 6.57. The number of amides is 1. The van der Waals surface area contributed by atoms with Crippen molar-refractivity contribution in [3.63, 3.8) is 0 Å². The molecular weight excluding hydrogens is 366 g/mol. The zero-order valence-electron chi connectivity index (χ0n) is 16.2. The summed E-state index contributed by atoms with van der Waals surface area (Å²) in [5.41, 5.74) is 3.75. The van der Waals surface area contributed by atoms with E-state index in [4.69, 9.17) is 4.74 Å². The van der Waals surface area contributed by atoms with Crippen molar-refractivity contribution >= 4 is 17.6 Å². The second-order valence-electron chi connectivity index (χ2n) is 6.57. The van der Waals surface area contributed by atoms with Crippen LogP contribution in [0.3, 0.4) is 0 Å². The molecule has 0 bridgehead atoms. The molecule has 5 nitrogen and oxygen atoms in total. The predicted octanol–water partition coefficient (Wildman–Crippen LogP) is 4.48. The molecule has 1 atom stereocenters. The summed E-state index contributed by atoms with van der Waals surface area (Å²) in [4.78, 5) is 23.9. The van der Waals surface area contributed by atoms with Gasteiger partial charge in [-0.2, -0.15) is 0 Å². The lowest BCUT2D eigenvalue weighted by molar-refractivity contribution is -0.155. The van der Waals surface area contributed by atoms with Crippen LogP contribution in [0.5, 0.6) is 0 Å². The molecule has 3 aromatic carbocycles. The first-order chi connectivity index (χ1) is 14.1. The Labute approximate surface area is 170 Å². The number of aliphatic hydroxyl groups excluding tert-OH is 1. The van der Waals surface area contributed by atoms with Crippen LogP contribution in [0, 0.1) is 0 Å². The quantitative estimate of drug-likeness (QED) is 0.584. The minimum absolute atomic E-state index is 0.0642. The van der Waals surface area contributed by atoms with Gasteiger partial charge in [-0.1, -0.05) is 79.7 Å². The first-order valence-corrected chi connectivity index (χ1v) is 9.46. The minimum Gasteiger partial charge on any atom is -0.459 e. The monoisotopic (exact) mass is 389 g/mol. The van der Waals surface area contributed by atoms with E-state index in [0.29, 0.717) is 12.0 Å². The number of hydrogen-bond donors (Lipinski definition) is 2. The van der Waals surface area contributed by atoms with Crippen LogP contribution in [0.4, 0.5) is 5.69 Å². The third-order valence-corrected chi connectivity index (χ3v) is 4.51. The maximum absolute atomic E-state index is 12.2. The lowest BCUT2D eigenvalue weighted by atomic mass is 10.0. The van der Waals surface area contributed by atoms with E-state index in [1.165, 1.54) is 0 Å². The molecule has 1 unspecified atom stereocenters. The Morgan fingerprint density at radius 3 is 2.28 bits per heavy atom. The van der Waals surface area contributed by atoms with E-state index in [1.54, 1.807) is 31.2 Å². The number of hydrogen-bond acceptors (Lipinski definition) is 4. The molecule has 148 valence electrons. The summed E-state index contributed by atoms with van der Waals surface area (Å²) in [6, 6.07) is 23.8. The van der Waals surface area contributed by atoms with Crippen molar-refractivity contribution in [1.29, 1.82) is 0 Å². The molecule has 3 rings (SSSR count). The van der Waals surface area contributed by atoms with E-state index in [9.17, 15) is 14.7 Å². The molecule has 29 heavy (non-hydrogen) atoms. The number of nitrogens with one attached hydrogen (secondary N) is 1. The largest absolute Gasteiger partial charge is 0.459 e. The second kappa shape index (κ2) is 9.66. The molecule has 0 aliphatic heterocycles. The smallest absolute Gasteiger partial charge is 0.339 e. The number of rotatable bonds is 7. The normalized spacial score (nSPS) is 11.5. The van der Waals surface area contributed by atoms with Gasteiger partial charge in [-0.3, -0.25) is 4.79 Å². The molecule has 0 spiro atoms. The molecule has 2 N–H and O–H groups in total. The number of aliphatic hydroxyl groups is 1. The van der Waals surface area contributed by atoms with Gasteiger partial charge in [0.05, 0.1) is 0 Å². The summed E-state index contributed by atoms with van der Waals surface area (Å²) in [5.74, 6) is -0.761. The number of para-hydroxylation sites is 1. The Kier molecular flexibility index (Phi) is 6.76. The van der Waals surface area contributed by atoms with E-state index < -0.39 is 12.1 Å². The molecule has 0 radical (unpaired) electrons. The van der Waals surface area contributed by atoms with Crippen LogP contribution in [0.2, 0.25) is 0 Å². The van der Waals surface area contributed by atoms with Crippen molar-refractivity contribution < 1.29 is 19.4 Å². The van der Waals surface area contributed by atoms with Gasteiger partial charge in [-0.15, -0.1) is 0 Å². The molecule has 0 aromatic heterocycles. The van der Waals surface area contributed by atoms with Gasteiger partial charge in [-0.25, -0.2) is 4.79 Å². The van der Waals surface area contributed by atoms with Gasteiger partial charge < -0.3 is 15.2 Å². The third kappa shape index (κ3) is 5.30. The molecule has 1 amide bonds.